The molecule has 0 saturated heterocycles. The Morgan fingerprint density at radius 1 is 1.25 bits per heavy atom. The minimum Gasteiger partial charge on any atom is -0.467 e. The van der Waals surface area contributed by atoms with Crippen molar-refractivity contribution < 1.29 is 9.13 Å². The molecule has 7 heteroatoms. The van der Waals surface area contributed by atoms with E-state index >= 15 is 0 Å². The molecule has 0 aliphatic carbocycles. The first-order valence-electron chi connectivity index (χ1n) is 6.18. The van der Waals surface area contributed by atoms with Crippen LogP contribution in [0.15, 0.2) is 24.3 Å². The summed E-state index contributed by atoms with van der Waals surface area (Å²) in [7, 11) is 3.15. The SMILES string of the molecule is CCNc1nc(OC)nc(N(C)c2ccccc2F)n1. The second-order valence-electron chi connectivity index (χ2n) is 3.99. The van der Waals surface area contributed by atoms with E-state index in [-0.39, 0.29) is 11.8 Å². The Labute approximate surface area is 116 Å². The smallest absolute Gasteiger partial charge is 0.322 e. The monoisotopic (exact) mass is 277 g/mol. The molecular weight excluding hydrogens is 261 g/mol. The van der Waals surface area contributed by atoms with E-state index in [0.29, 0.717) is 24.1 Å². The highest BCUT2D eigenvalue weighted by atomic mass is 19.1. The zero-order valence-electron chi connectivity index (χ0n) is 11.6. The molecule has 0 bridgehead atoms. The van der Waals surface area contributed by atoms with Crippen molar-refractivity contribution in [1.82, 2.24) is 15.0 Å². The van der Waals surface area contributed by atoms with Gasteiger partial charge in [0.25, 0.3) is 0 Å². The van der Waals surface area contributed by atoms with Crippen LogP contribution in [0.5, 0.6) is 6.01 Å². The Morgan fingerprint density at radius 2 is 2.00 bits per heavy atom. The molecule has 0 radical (unpaired) electrons. The van der Waals surface area contributed by atoms with Gasteiger partial charge in [-0.25, -0.2) is 4.39 Å². The molecule has 106 valence electrons. The maximum atomic E-state index is 13.8. The van der Waals surface area contributed by atoms with Crippen LogP contribution in [0.2, 0.25) is 0 Å². The van der Waals surface area contributed by atoms with Gasteiger partial charge in [0, 0.05) is 13.6 Å². The van der Waals surface area contributed by atoms with Gasteiger partial charge in [0.05, 0.1) is 12.8 Å². The fraction of sp³-hybridized carbons (Fsp3) is 0.308. The van der Waals surface area contributed by atoms with Crippen molar-refractivity contribution in [3.63, 3.8) is 0 Å². The first-order valence-corrected chi connectivity index (χ1v) is 6.18. The highest BCUT2D eigenvalue weighted by molar-refractivity contribution is 5.57. The van der Waals surface area contributed by atoms with Gasteiger partial charge in [-0.3, -0.25) is 0 Å². The van der Waals surface area contributed by atoms with Crippen molar-refractivity contribution in [1.29, 1.82) is 0 Å². The lowest BCUT2D eigenvalue weighted by atomic mass is 10.3. The van der Waals surface area contributed by atoms with Gasteiger partial charge in [-0.05, 0) is 19.1 Å². The van der Waals surface area contributed by atoms with Gasteiger partial charge >= 0.3 is 6.01 Å². The zero-order chi connectivity index (χ0) is 14.5. The van der Waals surface area contributed by atoms with Crippen LogP contribution in [-0.4, -0.2) is 35.7 Å². The van der Waals surface area contributed by atoms with Crippen LogP contribution in [-0.2, 0) is 0 Å². The van der Waals surface area contributed by atoms with E-state index in [0.717, 1.165) is 0 Å². The third-order valence-electron chi connectivity index (χ3n) is 2.63. The van der Waals surface area contributed by atoms with Crippen molar-refractivity contribution in [2.45, 2.75) is 6.92 Å². The minimum atomic E-state index is -0.348. The molecular formula is C13H16FN5O. The summed E-state index contributed by atoms with van der Waals surface area (Å²) in [5.41, 5.74) is 0.378. The molecule has 1 heterocycles. The largest absolute Gasteiger partial charge is 0.467 e. The molecule has 1 aromatic carbocycles. The van der Waals surface area contributed by atoms with Crippen LogP contribution in [0.1, 0.15) is 6.92 Å². The van der Waals surface area contributed by atoms with Gasteiger partial charge in [0.2, 0.25) is 11.9 Å². The second kappa shape index (κ2) is 6.14. The number of halogens is 1. The van der Waals surface area contributed by atoms with E-state index in [1.54, 1.807) is 30.1 Å². The third kappa shape index (κ3) is 2.93. The number of benzene rings is 1. The van der Waals surface area contributed by atoms with E-state index in [9.17, 15) is 4.39 Å². The summed E-state index contributed by atoms with van der Waals surface area (Å²) in [6.45, 7) is 2.59. The molecule has 1 N–H and O–H groups in total. The third-order valence-corrected chi connectivity index (χ3v) is 2.63. The standard InChI is InChI=1S/C13H16FN5O/c1-4-15-11-16-12(18-13(17-11)20-3)19(2)10-8-6-5-7-9(10)14/h5-8H,4H2,1-3H3,(H,15,16,17,18). The Kier molecular flexibility index (Phi) is 4.29. The van der Waals surface area contributed by atoms with Crippen LogP contribution in [0.4, 0.5) is 22.0 Å². The molecule has 20 heavy (non-hydrogen) atoms. The van der Waals surface area contributed by atoms with Crippen molar-refractivity contribution in [2.24, 2.45) is 0 Å². The molecule has 0 saturated carbocycles. The Hall–Kier alpha value is -2.44. The number of ether oxygens (including phenoxy) is 1. The summed E-state index contributed by atoms with van der Waals surface area (Å²) in [5, 5.41) is 2.98. The molecule has 1 aromatic heterocycles. The van der Waals surface area contributed by atoms with Gasteiger partial charge < -0.3 is 15.0 Å². The Morgan fingerprint density at radius 3 is 2.65 bits per heavy atom. The topological polar surface area (TPSA) is 63.2 Å². The average Bonchev–Trinajstić information content (AvgIpc) is 2.47. The van der Waals surface area contributed by atoms with Crippen molar-refractivity contribution >= 4 is 17.6 Å². The zero-order valence-corrected chi connectivity index (χ0v) is 11.6. The average molecular weight is 277 g/mol. The summed E-state index contributed by atoms with van der Waals surface area (Å²) in [4.78, 5) is 14.0. The predicted molar refractivity (Wildman–Crippen MR) is 75.0 cm³/mol. The molecule has 0 spiro atoms. The summed E-state index contributed by atoms with van der Waals surface area (Å²) in [5.74, 6) is 0.342. The lowest BCUT2D eigenvalue weighted by Gasteiger charge is -2.18. The summed E-state index contributed by atoms with van der Waals surface area (Å²) >= 11 is 0. The summed E-state index contributed by atoms with van der Waals surface area (Å²) in [6.07, 6.45) is 0. The fourth-order valence-electron chi connectivity index (χ4n) is 1.66. The molecule has 2 aromatic rings. The molecule has 0 fully saturated rings. The number of hydrogen-bond acceptors (Lipinski definition) is 6. The minimum absolute atomic E-state index is 0.175. The summed E-state index contributed by atoms with van der Waals surface area (Å²) in [6, 6.07) is 6.59. The highest BCUT2D eigenvalue weighted by Gasteiger charge is 2.14. The molecule has 0 unspecified atom stereocenters. The molecule has 0 atom stereocenters. The van der Waals surface area contributed by atoms with Gasteiger partial charge in [0.15, 0.2) is 0 Å². The van der Waals surface area contributed by atoms with Crippen LogP contribution >= 0.6 is 0 Å². The molecule has 0 aliphatic heterocycles. The molecule has 2 rings (SSSR count). The molecule has 0 amide bonds. The van der Waals surface area contributed by atoms with Gasteiger partial charge in [0.1, 0.15) is 5.82 Å². The first-order chi connectivity index (χ1) is 9.65. The highest BCUT2D eigenvalue weighted by Crippen LogP contribution is 2.24. The number of nitrogens with one attached hydrogen (secondary N) is 1. The number of aromatic nitrogens is 3. The van der Waals surface area contributed by atoms with Crippen molar-refractivity contribution in [3.05, 3.63) is 30.1 Å². The summed E-state index contributed by atoms with van der Waals surface area (Å²) < 4.78 is 18.8. The fourth-order valence-corrected chi connectivity index (χ4v) is 1.66. The lowest BCUT2D eigenvalue weighted by Crippen LogP contribution is -2.17. The number of anilines is 3. The number of rotatable bonds is 5. The van der Waals surface area contributed by atoms with Crippen molar-refractivity contribution in [2.75, 3.05) is 30.9 Å². The number of para-hydroxylation sites is 1. The number of methoxy groups -OCH3 is 1. The molecule has 6 nitrogen and oxygen atoms in total. The van der Waals surface area contributed by atoms with Crippen LogP contribution < -0.4 is 15.0 Å². The first kappa shape index (κ1) is 14.0. The van der Waals surface area contributed by atoms with Crippen LogP contribution in [0.3, 0.4) is 0 Å². The van der Waals surface area contributed by atoms with E-state index in [1.807, 2.05) is 6.92 Å². The van der Waals surface area contributed by atoms with E-state index < -0.39 is 0 Å². The van der Waals surface area contributed by atoms with E-state index in [2.05, 4.69) is 20.3 Å². The lowest BCUT2D eigenvalue weighted by molar-refractivity contribution is 0.379. The Bertz CT molecular complexity index is 593. The van der Waals surface area contributed by atoms with Gasteiger partial charge in [-0.15, -0.1) is 0 Å². The molecule has 0 aliphatic rings. The van der Waals surface area contributed by atoms with Crippen molar-refractivity contribution in [3.8, 4) is 6.01 Å². The quantitative estimate of drug-likeness (QED) is 0.904. The Balaban J connectivity index is 2.40. The van der Waals surface area contributed by atoms with E-state index in [4.69, 9.17) is 4.74 Å². The van der Waals surface area contributed by atoms with E-state index in [1.165, 1.54) is 13.2 Å². The second-order valence-corrected chi connectivity index (χ2v) is 3.99. The number of nitrogens with zero attached hydrogens (tertiary/aromatic N) is 4. The van der Waals surface area contributed by atoms with Crippen LogP contribution in [0.25, 0.3) is 0 Å². The maximum absolute atomic E-state index is 13.8. The number of hydrogen-bond donors (Lipinski definition) is 1. The maximum Gasteiger partial charge on any atom is 0.322 e. The van der Waals surface area contributed by atoms with Gasteiger partial charge in [-0.1, -0.05) is 12.1 Å². The normalized spacial score (nSPS) is 10.2. The van der Waals surface area contributed by atoms with Gasteiger partial charge in [-0.2, -0.15) is 15.0 Å². The van der Waals surface area contributed by atoms with Crippen LogP contribution in [0, 0.1) is 5.82 Å². The predicted octanol–water partition coefficient (Wildman–Crippen LogP) is 2.22.